The van der Waals surface area contributed by atoms with Crippen molar-refractivity contribution in [2.75, 3.05) is 5.73 Å². The van der Waals surface area contributed by atoms with E-state index in [0.29, 0.717) is 0 Å². The van der Waals surface area contributed by atoms with Crippen molar-refractivity contribution in [2.24, 2.45) is 11.8 Å². The number of anilines is 1. The molecule has 0 spiro atoms. The fourth-order valence-electron chi connectivity index (χ4n) is 3.84. The standard InChI is InChI=1S/C16H18N2S/c17-13-3-1-2-12(8-13)15-9-19-16(18-15)14-7-10-4-5-11(14)6-10/h1-3,8-11,14H,4-7,17H2. The molecular formula is C16H18N2S. The van der Waals surface area contributed by atoms with Gasteiger partial charge in [-0.05, 0) is 43.2 Å². The molecular weight excluding hydrogens is 252 g/mol. The van der Waals surface area contributed by atoms with E-state index < -0.39 is 0 Å². The number of nitrogens with zero attached hydrogens (tertiary/aromatic N) is 1. The fraction of sp³-hybridized carbons (Fsp3) is 0.438. The van der Waals surface area contributed by atoms with E-state index in [1.807, 2.05) is 29.5 Å². The highest BCUT2D eigenvalue weighted by Gasteiger charge is 2.41. The van der Waals surface area contributed by atoms with Gasteiger partial charge in [-0.2, -0.15) is 0 Å². The molecule has 3 unspecified atom stereocenters. The van der Waals surface area contributed by atoms with Crippen LogP contribution in [0.25, 0.3) is 11.3 Å². The number of benzene rings is 1. The van der Waals surface area contributed by atoms with Crippen molar-refractivity contribution in [3.8, 4) is 11.3 Å². The van der Waals surface area contributed by atoms with E-state index in [9.17, 15) is 0 Å². The van der Waals surface area contributed by atoms with Crippen LogP contribution in [0.15, 0.2) is 29.6 Å². The number of aromatic nitrogens is 1. The zero-order valence-corrected chi connectivity index (χ0v) is 11.7. The van der Waals surface area contributed by atoms with Crippen LogP contribution in [0.2, 0.25) is 0 Å². The number of nitrogens with two attached hydrogens (primary N) is 1. The van der Waals surface area contributed by atoms with Gasteiger partial charge in [-0.15, -0.1) is 11.3 Å². The molecule has 0 radical (unpaired) electrons. The number of rotatable bonds is 2. The van der Waals surface area contributed by atoms with Crippen molar-refractivity contribution in [3.63, 3.8) is 0 Å². The summed E-state index contributed by atoms with van der Waals surface area (Å²) in [5.41, 5.74) is 8.90. The Bertz CT molecular complexity index is 604. The van der Waals surface area contributed by atoms with Gasteiger partial charge >= 0.3 is 0 Å². The zero-order valence-electron chi connectivity index (χ0n) is 10.9. The monoisotopic (exact) mass is 270 g/mol. The molecule has 1 aromatic heterocycles. The van der Waals surface area contributed by atoms with Crippen LogP contribution >= 0.6 is 11.3 Å². The first-order valence-corrected chi connectivity index (χ1v) is 7.99. The Hall–Kier alpha value is -1.35. The van der Waals surface area contributed by atoms with Crippen molar-refractivity contribution in [1.82, 2.24) is 4.98 Å². The predicted octanol–water partition coefficient (Wildman–Crippen LogP) is 4.30. The Morgan fingerprint density at radius 2 is 2.16 bits per heavy atom. The molecule has 0 saturated heterocycles. The van der Waals surface area contributed by atoms with Crippen LogP contribution in [0.5, 0.6) is 0 Å². The minimum Gasteiger partial charge on any atom is -0.399 e. The first-order chi connectivity index (χ1) is 9.29. The van der Waals surface area contributed by atoms with E-state index in [-0.39, 0.29) is 0 Å². The minimum atomic E-state index is 0.735. The molecule has 2 N–H and O–H groups in total. The second-order valence-electron chi connectivity index (χ2n) is 5.98. The van der Waals surface area contributed by atoms with Crippen LogP contribution in [-0.4, -0.2) is 4.98 Å². The summed E-state index contributed by atoms with van der Waals surface area (Å²) in [4.78, 5) is 4.89. The van der Waals surface area contributed by atoms with Gasteiger partial charge in [0.05, 0.1) is 10.7 Å². The van der Waals surface area contributed by atoms with Crippen LogP contribution in [-0.2, 0) is 0 Å². The van der Waals surface area contributed by atoms with Crippen LogP contribution in [0.4, 0.5) is 5.69 Å². The highest BCUT2D eigenvalue weighted by Crippen LogP contribution is 2.53. The van der Waals surface area contributed by atoms with Gasteiger partial charge in [-0.3, -0.25) is 0 Å². The molecule has 19 heavy (non-hydrogen) atoms. The average molecular weight is 270 g/mol. The van der Waals surface area contributed by atoms with Crippen molar-refractivity contribution < 1.29 is 0 Å². The summed E-state index contributed by atoms with van der Waals surface area (Å²) in [5, 5.41) is 3.54. The molecule has 2 bridgehead atoms. The molecule has 1 heterocycles. The largest absolute Gasteiger partial charge is 0.399 e. The van der Waals surface area contributed by atoms with Crippen molar-refractivity contribution >= 4 is 17.0 Å². The first-order valence-electron chi connectivity index (χ1n) is 7.11. The summed E-state index contributed by atoms with van der Waals surface area (Å²) >= 11 is 1.84. The van der Waals surface area contributed by atoms with Crippen molar-refractivity contribution in [2.45, 2.75) is 31.6 Å². The molecule has 2 fully saturated rings. The Balaban J connectivity index is 1.63. The Morgan fingerprint density at radius 3 is 2.89 bits per heavy atom. The SMILES string of the molecule is Nc1cccc(-c2csc(C3CC4CCC3C4)n2)c1. The molecule has 3 atom stereocenters. The molecule has 0 aliphatic heterocycles. The average Bonchev–Trinajstić information content (AvgIpc) is 3.14. The number of nitrogen functional groups attached to an aromatic ring is 1. The van der Waals surface area contributed by atoms with Gasteiger partial charge in [-0.25, -0.2) is 4.98 Å². The lowest BCUT2D eigenvalue weighted by molar-refractivity contribution is 0.419. The highest BCUT2D eigenvalue weighted by molar-refractivity contribution is 7.10. The van der Waals surface area contributed by atoms with Gasteiger partial charge in [0.25, 0.3) is 0 Å². The molecule has 0 amide bonds. The topological polar surface area (TPSA) is 38.9 Å². The zero-order chi connectivity index (χ0) is 12.8. The molecule has 4 rings (SSSR count). The lowest BCUT2D eigenvalue weighted by Crippen LogP contribution is -2.07. The van der Waals surface area contributed by atoms with Crippen molar-refractivity contribution in [3.05, 3.63) is 34.7 Å². The molecule has 2 aliphatic rings. The third-order valence-electron chi connectivity index (χ3n) is 4.76. The van der Waals surface area contributed by atoms with Crippen LogP contribution < -0.4 is 5.73 Å². The first kappa shape index (κ1) is 11.5. The van der Waals surface area contributed by atoms with E-state index >= 15 is 0 Å². The molecule has 2 nitrogen and oxygen atoms in total. The van der Waals surface area contributed by atoms with Crippen LogP contribution in [0.1, 0.15) is 36.6 Å². The van der Waals surface area contributed by atoms with Gasteiger partial charge in [0, 0.05) is 22.5 Å². The summed E-state index contributed by atoms with van der Waals surface area (Å²) in [6, 6.07) is 8.03. The van der Waals surface area contributed by atoms with E-state index in [4.69, 9.17) is 10.7 Å². The smallest absolute Gasteiger partial charge is 0.0966 e. The second-order valence-corrected chi connectivity index (χ2v) is 6.87. The summed E-state index contributed by atoms with van der Waals surface area (Å²) < 4.78 is 0. The van der Waals surface area contributed by atoms with Gasteiger partial charge in [0.1, 0.15) is 0 Å². The Kier molecular flexibility index (Phi) is 2.62. The maximum atomic E-state index is 5.85. The second kappa shape index (κ2) is 4.34. The van der Waals surface area contributed by atoms with Crippen molar-refractivity contribution in [1.29, 1.82) is 0 Å². The maximum Gasteiger partial charge on any atom is 0.0966 e. The lowest BCUT2D eigenvalue weighted by Gasteiger charge is -2.18. The van der Waals surface area contributed by atoms with Gasteiger partial charge < -0.3 is 5.73 Å². The van der Waals surface area contributed by atoms with Crippen LogP contribution in [0.3, 0.4) is 0 Å². The Morgan fingerprint density at radius 1 is 1.21 bits per heavy atom. The van der Waals surface area contributed by atoms with Gasteiger partial charge in [0.15, 0.2) is 0 Å². The third kappa shape index (κ3) is 1.96. The normalized spacial score (nSPS) is 28.9. The van der Waals surface area contributed by atoms with Crippen LogP contribution in [0, 0.1) is 11.8 Å². The molecule has 98 valence electrons. The van der Waals surface area contributed by atoms with E-state index in [2.05, 4.69) is 11.4 Å². The molecule has 1 aromatic carbocycles. The van der Waals surface area contributed by atoms with E-state index in [0.717, 1.165) is 34.7 Å². The lowest BCUT2D eigenvalue weighted by atomic mass is 9.89. The quantitative estimate of drug-likeness (QED) is 0.826. The number of hydrogen-bond acceptors (Lipinski definition) is 3. The predicted molar refractivity (Wildman–Crippen MR) is 80.2 cm³/mol. The summed E-state index contributed by atoms with van der Waals surface area (Å²) in [6.45, 7) is 0. The van der Waals surface area contributed by atoms with E-state index in [1.54, 1.807) is 0 Å². The highest BCUT2D eigenvalue weighted by atomic mass is 32.1. The molecule has 2 saturated carbocycles. The summed E-state index contributed by atoms with van der Waals surface area (Å²) in [7, 11) is 0. The molecule has 3 heteroatoms. The number of thiazole rings is 1. The van der Waals surface area contributed by atoms with Gasteiger partial charge in [0.2, 0.25) is 0 Å². The van der Waals surface area contributed by atoms with E-state index in [1.165, 1.54) is 30.7 Å². The minimum absolute atomic E-state index is 0.735. The molecule has 2 aromatic rings. The molecule has 2 aliphatic carbocycles. The number of fused-ring (bicyclic) bond motifs is 2. The summed E-state index contributed by atoms with van der Waals surface area (Å²) in [5.74, 6) is 2.62. The van der Waals surface area contributed by atoms with Gasteiger partial charge in [-0.1, -0.05) is 18.6 Å². The number of hydrogen-bond donors (Lipinski definition) is 1. The fourth-order valence-corrected chi connectivity index (χ4v) is 4.87. The Labute approximate surface area is 117 Å². The third-order valence-corrected chi connectivity index (χ3v) is 5.74. The summed E-state index contributed by atoms with van der Waals surface area (Å²) in [6.07, 6.45) is 5.68. The maximum absolute atomic E-state index is 5.85.